The largest absolute Gasteiger partial charge is 0.472 e. The van der Waals surface area contributed by atoms with Crippen molar-refractivity contribution >= 4 is 19.8 Å². The highest BCUT2D eigenvalue weighted by atomic mass is 31.2. The summed E-state index contributed by atoms with van der Waals surface area (Å²) >= 11 is 0. The molecule has 0 spiro atoms. The van der Waals surface area contributed by atoms with Crippen molar-refractivity contribution in [2.24, 2.45) is 0 Å². The third kappa shape index (κ3) is 19.0. The number of phosphoric acid groups is 1. The first-order valence-electron chi connectivity index (χ1n) is 11.0. The first kappa shape index (κ1) is 29.5. The molecule has 8 nitrogen and oxygen atoms in total. The number of hydrogen-bond acceptors (Lipinski definition) is 7. The molecule has 0 amide bonds. The molecule has 0 fully saturated rings. The normalized spacial score (nSPS) is 14.8. The van der Waals surface area contributed by atoms with Crippen molar-refractivity contribution < 1.29 is 37.6 Å². The van der Waals surface area contributed by atoms with Crippen LogP contribution in [-0.2, 0) is 32.7 Å². The summed E-state index contributed by atoms with van der Waals surface area (Å²) in [5.74, 6) is -0.832. The molecule has 9 heteroatoms. The van der Waals surface area contributed by atoms with Crippen molar-refractivity contribution in [2.75, 3.05) is 13.2 Å². The Morgan fingerprint density at radius 1 is 0.774 bits per heavy atom. The maximum atomic E-state index is 11.8. The fourth-order valence-electron chi connectivity index (χ4n) is 2.78. The van der Waals surface area contributed by atoms with Crippen molar-refractivity contribution in [3.05, 3.63) is 25.3 Å². The van der Waals surface area contributed by atoms with E-state index in [0.717, 1.165) is 63.5 Å². The lowest BCUT2D eigenvalue weighted by molar-refractivity contribution is -0.143. The average molecular weight is 463 g/mol. The van der Waals surface area contributed by atoms with Gasteiger partial charge in [0.2, 0.25) is 0 Å². The molecule has 2 atom stereocenters. The van der Waals surface area contributed by atoms with Gasteiger partial charge in [0.25, 0.3) is 0 Å². The zero-order valence-electron chi connectivity index (χ0n) is 19.0. The monoisotopic (exact) mass is 462 g/mol. The van der Waals surface area contributed by atoms with Crippen molar-refractivity contribution in [1.82, 2.24) is 0 Å². The third-order valence-corrected chi connectivity index (χ3v) is 5.50. The van der Waals surface area contributed by atoms with E-state index in [2.05, 4.69) is 13.2 Å². The number of hydrogen-bond donors (Lipinski definition) is 1. The molecule has 180 valence electrons. The Morgan fingerprint density at radius 2 is 1.13 bits per heavy atom. The van der Waals surface area contributed by atoms with Crippen LogP contribution in [-0.4, -0.2) is 42.3 Å². The molecule has 31 heavy (non-hydrogen) atoms. The molecular formula is C22H39O8P. The van der Waals surface area contributed by atoms with Crippen LogP contribution in [0.3, 0.4) is 0 Å². The van der Waals surface area contributed by atoms with Gasteiger partial charge in [-0.15, -0.1) is 0 Å². The Morgan fingerprint density at radius 3 is 1.48 bits per heavy atom. The molecule has 1 N–H and O–H groups in total. The van der Waals surface area contributed by atoms with E-state index < -0.39 is 19.8 Å². The smallest absolute Gasteiger partial charge is 0.460 e. The van der Waals surface area contributed by atoms with Gasteiger partial charge in [0.1, 0.15) is 0 Å². The number of rotatable bonds is 20. The topological polar surface area (TPSA) is 108 Å². The van der Waals surface area contributed by atoms with E-state index in [1.165, 1.54) is 0 Å². The second kappa shape index (κ2) is 18.1. The SMILES string of the molecule is C=CC(=O)OC(C)CCCCCCOP(=O)(O)OCCCCCCC(C)OC(=O)C=C. The molecule has 0 aliphatic rings. The van der Waals surface area contributed by atoms with Crippen molar-refractivity contribution in [3.63, 3.8) is 0 Å². The molecule has 0 bridgehead atoms. The van der Waals surface area contributed by atoms with E-state index in [4.69, 9.17) is 18.5 Å². The van der Waals surface area contributed by atoms with Crippen LogP contribution in [0, 0.1) is 0 Å². The Labute approximate surface area is 186 Å². The first-order chi connectivity index (χ1) is 14.7. The van der Waals surface area contributed by atoms with Gasteiger partial charge in [0, 0.05) is 12.2 Å². The van der Waals surface area contributed by atoms with Gasteiger partial charge in [-0.05, 0) is 52.4 Å². The van der Waals surface area contributed by atoms with E-state index in [-0.39, 0.29) is 25.4 Å². The van der Waals surface area contributed by atoms with Gasteiger partial charge in [0.05, 0.1) is 25.4 Å². The summed E-state index contributed by atoms with van der Waals surface area (Å²) in [7, 11) is -4.01. The predicted molar refractivity (Wildman–Crippen MR) is 119 cm³/mol. The lowest BCUT2D eigenvalue weighted by atomic mass is 10.1. The molecule has 0 aromatic carbocycles. The van der Waals surface area contributed by atoms with Gasteiger partial charge in [-0.2, -0.15) is 0 Å². The van der Waals surface area contributed by atoms with Crippen LogP contribution in [0.15, 0.2) is 25.3 Å². The van der Waals surface area contributed by atoms with E-state index in [0.29, 0.717) is 12.8 Å². The lowest BCUT2D eigenvalue weighted by Crippen LogP contribution is -2.12. The summed E-state index contributed by atoms with van der Waals surface area (Å²) in [6, 6.07) is 0. The van der Waals surface area contributed by atoms with Gasteiger partial charge in [-0.1, -0.05) is 38.8 Å². The third-order valence-electron chi connectivity index (χ3n) is 4.49. The Kier molecular flexibility index (Phi) is 17.3. The van der Waals surface area contributed by atoms with Gasteiger partial charge >= 0.3 is 19.8 Å². The molecule has 0 radical (unpaired) electrons. The standard InChI is InChI=1S/C22H39O8P/c1-5-21(23)29-19(3)15-11-7-9-13-17-27-31(25,26)28-18-14-10-8-12-16-20(4)30-22(24)6-2/h5-6,19-20H,1-2,7-18H2,3-4H3,(H,25,26). The van der Waals surface area contributed by atoms with Gasteiger partial charge in [-0.3, -0.25) is 9.05 Å². The van der Waals surface area contributed by atoms with Crippen molar-refractivity contribution in [3.8, 4) is 0 Å². The molecule has 0 aliphatic heterocycles. The van der Waals surface area contributed by atoms with Crippen molar-refractivity contribution in [2.45, 2.75) is 90.3 Å². The Hall–Kier alpha value is -1.47. The fraction of sp³-hybridized carbons (Fsp3) is 0.727. The van der Waals surface area contributed by atoms with Crippen LogP contribution in [0.1, 0.15) is 78.1 Å². The Bertz CT molecular complexity index is 532. The minimum Gasteiger partial charge on any atom is -0.460 e. The molecule has 0 rings (SSSR count). The number of ether oxygens (including phenoxy) is 2. The minimum absolute atomic E-state index is 0.147. The lowest BCUT2D eigenvalue weighted by Gasteiger charge is -2.13. The zero-order chi connectivity index (χ0) is 23.5. The highest BCUT2D eigenvalue weighted by molar-refractivity contribution is 7.47. The highest BCUT2D eigenvalue weighted by Crippen LogP contribution is 2.43. The number of phosphoric ester groups is 1. The summed E-state index contributed by atoms with van der Waals surface area (Å²) < 4.78 is 32.0. The van der Waals surface area contributed by atoms with Gasteiger partial charge < -0.3 is 14.4 Å². The maximum Gasteiger partial charge on any atom is 0.472 e. The number of esters is 2. The van der Waals surface area contributed by atoms with E-state index in [1.54, 1.807) is 0 Å². The summed E-state index contributed by atoms with van der Waals surface area (Å²) in [5.41, 5.74) is 0. The number of carbonyl (C=O) groups excluding carboxylic acids is 2. The van der Waals surface area contributed by atoms with E-state index >= 15 is 0 Å². The first-order valence-corrected chi connectivity index (χ1v) is 12.5. The number of carbonyl (C=O) groups is 2. The van der Waals surface area contributed by atoms with E-state index in [9.17, 15) is 19.0 Å². The van der Waals surface area contributed by atoms with Gasteiger partial charge in [0.15, 0.2) is 0 Å². The van der Waals surface area contributed by atoms with Crippen LogP contribution < -0.4 is 0 Å². The summed E-state index contributed by atoms with van der Waals surface area (Å²) in [6.07, 6.45) is 10.2. The van der Waals surface area contributed by atoms with Crippen LogP contribution in [0.5, 0.6) is 0 Å². The molecular weight excluding hydrogens is 423 g/mol. The summed E-state index contributed by atoms with van der Waals surface area (Å²) in [5, 5.41) is 0. The molecule has 0 aliphatic carbocycles. The van der Waals surface area contributed by atoms with E-state index in [1.807, 2.05) is 13.8 Å². The van der Waals surface area contributed by atoms with Crippen LogP contribution in [0.2, 0.25) is 0 Å². The maximum absolute atomic E-state index is 11.8. The minimum atomic E-state index is -4.01. The van der Waals surface area contributed by atoms with Crippen LogP contribution in [0.4, 0.5) is 0 Å². The summed E-state index contributed by atoms with van der Waals surface area (Å²) in [6.45, 7) is 10.7. The Balaban J connectivity index is 3.59. The number of unbranched alkanes of at least 4 members (excludes halogenated alkanes) is 6. The van der Waals surface area contributed by atoms with Crippen LogP contribution >= 0.6 is 7.82 Å². The van der Waals surface area contributed by atoms with Gasteiger partial charge in [-0.25, -0.2) is 14.2 Å². The fourth-order valence-corrected chi connectivity index (χ4v) is 3.58. The molecule has 0 heterocycles. The second-order valence-corrected chi connectivity index (χ2v) is 8.90. The average Bonchev–Trinajstić information content (AvgIpc) is 2.71. The summed E-state index contributed by atoms with van der Waals surface area (Å²) in [4.78, 5) is 31.8. The zero-order valence-corrected chi connectivity index (χ0v) is 19.9. The molecule has 0 saturated carbocycles. The van der Waals surface area contributed by atoms with Crippen molar-refractivity contribution in [1.29, 1.82) is 0 Å². The van der Waals surface area contributed by atoms with Crippen LogP contribution in [0.25, 0.3) is 0 Å². The molecule has 2 unspecified atom stereocenters. The molecule has 0 aromatic heterocycles. The quantitative estimate of drug-likeness (QED) is 0.113. The molecule has 0 saturated heterocycles. The molecule has 0 aromatic rings. The predicted octanol–water partition coefficient (Wildman–Crippen LogP) is 5.26. The second-order valence-electron chi connectivity index (χ2n) is 7.44. The highest BCUT2D eigenvalue weighted by Gasteiger charge is 2.20.